The molecule has 2 aromatic rings. The molecule has 1 aromatic heterocycles. The van der Waals surface area contributed by atoms with Gasteiger partial charge in [-0.1, -0.05) is 6.07 Å². The number of anilines is 1. The molecule has 0 saturated carbocycles. The number of benzene rings is 1. The van der Waals surface area contributed by atoms with Crippen molar-refractivity contribution in [2.24, 2.45) is 7.05 Å². The first-order valence-electron chi connectivity index (χ1n) is 6.31. The first-order valence-corrected chi connectivity index (χ1v) is 6.31. The van der Waals surface area contributed by atoms with E-state index in [9.17, 15) is 4.79 Å². The van der Waals surface area contributed by atoms with Crippen molar-refractivity contribution >= 4 is 11.6 Å². The molecular formula is C13H15N5O2. The highest BCUT2D eigenvalue weighted by Crippen LogP contribution is 2.28. The van der Waals surface area contributed by atoms with Crippen LogP contribution in [-0.2, 0) is 24.9 Å². The van der Waals surface area contributed by atoms with Gasteiger partial charge in [0.2, 0.25) is 0 Å². The van der Waals surface area contributed by atoms with Gasteiger partial charge in [0, 0.05) is 13.6 Å². The van der Waals surface area contributed by atoms with Gasteiger partial charge in [-0.2, -0.15) is 5.10 Å². The topological polar surface area (TPSA) is 81.1 Å². The standard InChI is InChI=1S/C13H15N5O2/c1-18-8-15-12(17-18)6-14-5-9-2-3-11-10(4-9)16-13(19)7-20-11/h2-4,8,14H,5-7H2,1H3,(H,16,19). The van der Waals surface area contributed by atoms with Gasteiger partial charge in [0.05, 0.1) is 12.2 Å². The van der Waals surface area contributed by atoms with Crippen LogP contribution in [0.1, 0.15) is 11.4 Å². The van der Waals surface area contributed by atoms with E-state index < -0.39 is 0 Å². The Labute approximate surface area is 116 Å². The van der Waals surface area contributed by atoms with E-state index in [1.165, 1.54) is 0 Å². The Bertz CT molecular complexity index is 637. The summed E-state index contributed by atoms with van der Waals surface area (Å²) in [7, 11) is 1.84. The lowest BCUT2D eigenvalue weighted by Crippen LogP contribution is -2.25. The molecule has 0 fully saturated rings. The normalized spacial score (nSPS) is 13.6. The molecule has 1 aliphatic heterocycles. The summed E-state index contributed by atoms with van der Waals surface area (Å²) in [5, 5.41) is 10.2. The monoisotopic (exact) mass is 273 g/mol. The number of rotatable bonds is 4. The molecule has 0 bridgehead atoms. The summed E-state index contributed by atoms with van der Waals surface area (Å²) in [5.41, 5.74) is 1.78. The summed E-state index contributed by atoms with van der Waals surface area (Å²) in [6.45, 7) is 1.35. The number of aryl methyl sites for hydroxylation is 1. The van der Waals surface area contributed by atoms with Crippen LogP contribution in [-0.4, -0.2) is 27.3 Å². The second kappa shape index (κ2) is 5.30. The molecule has 0 unspecified atom stereocenters. The van der Waals surface area contributed by atoms with Crippen LogP contribution < -0.4 is 15.4 Å². The number of hydrogen-bond donors (Lipinski definition) is 2. The van der Waals surface area contributed by atoms with Gasteiger partial charge in [-0.3, -0.25) is 9.48 Å². The number of hydrogen-bond acceptors (Lipinski definition) is 5. The van der Waals surface area contributed by atoms with Gasteiger partial charge in [-0.25, -0.2) is 4.98 Å². The van der Waals surface area contributed by atoms with E-state index in [0.717, 1.165) is 17.1 Å². The third kappa shape index (κ3) is 2.77. The molecule has 0 aliphatic carbocycles. The summed E-state index contributed by atoms with van der Waals surface area (Å²) in [4.78, 5) is 15.4. The van der Waals surface area contributed by atoms with Crippen LogP contribution in [0.3, 0.4) is 0 Å². The van der Waals surface area contributed by atoms with Crippen molar-refractivity contribution in [1.29, 1.82) is 0 Å². The molecule has 1 aliphatic rings. The van der Waals surface area contributed by atoms with E-state index in [1.54, 1.807) is 11.0 Å². The fourth-order valence-corrected chi connectivity index (χ4v) is 2.02. The van der Waals surface area contributed by atoms with Gasteiger partial charge in [0.1, 0.15) is 12.1 Å². The van der Waals surface area contributed by atoms with Gasteiger partial charge in [-0.15, -0.1) is 0 Å². The highest BCUT2D eigenvalue weighted by molar-refractivity contribution is 5.95. The summed E-state index contributed by atoms with van der Waals surface area (Å²) in [6.07, 6.45) is 1.67. The Balaban J connectivity index is 1.60. The fraction of sp³-hybridized carbons (Fsp3) is 0.308. The van der Waals surface area contributed by atoms with Crippen LogP contribution in [0.2, 0.25) is 0 Å². The lowest BCUT2D eigenvalue weighted by Gasteiger charge is -2.18. The van der Waals surface area contributed by atoms with Crippen molar-refractivity contribution in [2.75, 3.05) is 11.9 Å². The van der Waals surface area contributed by atoms with Crippen LogP contribution in [0.4, 0.5) is 5.69 Å². The van der Waals surface area contributed by atoms with Crippen molar-refractivity contribution < 1.29 is 9.53 Å². The molecule has 104 valence electrons. The highest BCUT2D eigenvalue weighted by atomic mass is 16.5. The number of carbonyl (C=O) groups excluding carboxylic acids is 1. The minimum atomic E-state index is -0.125. The number of carbonyl (C=O) groups is 1. The third-order valence-corrected chi connectivity index (χ3v) is 2.94. The first kappa shape index (κ1) is 12.6. The Hall–Kier alpha value is -2.41. The number of ether oxygens (including phenoxy) is 1. The molecule has 1 aromatic carbocycles. The molecule has 1 amide bonds. The van der Waals surface area contributed by atoms with E-state index >= 15 is 0 Å². The largest absolute Gasteiger partial charge is 0.482 e. The van der Waals surface area contributed by atoms with E-state index in [1.807, 2.05) is 25.2 Å². The average Bonchev–Trinajstić information content (AvgIpc) is 2.84. The highest BCUT2D eigenvalue weighted by Gasteiger charge is 2.15. The van der Waals surface area contributed by atoms with Crippen LogP contribution in [0.25, 0.3) is 0 Å². The average molecular weight is 273 g/mol. The number of fused-ring (bicyclic) bond motifs is 1. The van der Waals surface area contributed by atoms with Gasteiger partial charge >= 0.3 is 0 Å². The molecule has 3 rings (SSSR count). The van der Waals surface area contributed by atoms with Gasteiger partial charge < -0.3 is 15.4 Å². The zero-order chi connectivity index (χ0) is 13.9. The summed E-state index contributed by atoms with van der Waals surface area (Å²) < 4.78 is 6.98. The van der Waals surface area contributed by atoms with Gasteiger partial charge in [0.25, 0.3) is 5.91 Å². The van der Waals surface area contributed by atoms with Crippen LogP contribution in [0.15, 0.2) is 24.5 Å². The third-order valence-electron chi connectivity index (χ3n) is 2.94. The van der Waals surface area contributed by atoms with Gasteiger partial charge in [0.15, 0.2) is 12.4 Å². The molecule has 0 saturated heterocycles. The predicted octanol–water partition coefficient (Wildman–Crippen LogP) is 0.436. The SMILES string of the molecule is Cn1cnc(CNCc2ccc3c(c2)NC(=O)CO3)n1. The molecule has 2 heterocycles. The van der Waals surface area contributed by atoms with Crippen molar-refractivity contribution in [3.8, 4) is 5.75 Å². The zero-order valence-corrected chi connectivity index (χ0v) is 11.1. The molecule has 0 spiro atoms. The second-order valence-electron chi connectivity index (χ2n) is 4.61. The zero-order valence-electron chi connectivity index (χ0n) is 11.1. The van der Waals surface area contributed by atoms with Gasteiger partial charge in [-0.05, 0) is 17.7 Å². The maximum absolute atomic E-state index is 11.3. The Morgan fingerprint density at radius 2 is 2.35 bits per heavy atom. The molecule has 7 nitrogen and oxygen atoms in total. The van der Waals surface area contributed by atoms with E-state index in [2.05, 4.69) is 20.7 Å². The molecule has 2 N–H and O–H groups in total. The predicted molar refractivity (Wildman–Crippen MR) is 72.1 cm³/mol. The van der Waals surface area contributed by atoms with E-state index in [4.69, 9.17) is 4.74 Å². The molecule has 0 radical (unpaired) electrons. The number of nitrogens with zero attached hydrogens (tertiary/aromatic N) is 3. The van der Waals surface area contributed by atoms with Crippen molar-refractivity contribution in [3.63, 3.8) is 0 Å². The summed E-state index contributed by atoms with van der Waals surface area (Å²) >= 11 is 0. The van der Waals surface area contributed by atoms with Crippen molar-refractivity contribution in [2.45, 2.75) is 13.1 Å². The number of aromatic nitrogens is 3. The fourth-order valence-electron chi connectivity index (χ4n) is 2.02. The minimum Gasteiger partial charge on any atom is -0.482 e. The number of nitrogens with one attached hydrogen (secondary N) is 2. The van der Waals surface area contributed by atoms with Crippen molar-refractivity contribution in [1.82, 2.24) is 20.1 Å². The second-order valence-corrected chi connectivity index (χ2v) is 4.61. The minimum absolute atomic E-state index is 0.0793. The lowest BCUT2D eigenvalue weighted by atomic mass is 10.1. The Morgan fingerprint density at radius 3 is 3.15 bits per heavy atom. The Kier molecular flexibility index (Phi) is 3.34. The maximum Gasteiger partial charge on any atom is 0.262 e. The number of amides is 1. The first-order chi connectivity index (χ1) is 9.70. The molecule has 7 heteroatoms. The van der Waals surface area contributed by atoms with Crippen LogP contribution in [0, 0.1) is 0 Å². The van der Waals surface area contributed by atoms with Crippen molar-refractivity contribution in [3.05, 3.63) is 35.9 Å². The molecule has 0 atom stereocenters. The maximum atomic E-state index is 11.3. The van der Waals surface area contributed by atoms with E-state index in [-0.39, 0.29) is 12.5 Å². The molecular weight excluding hydrogens is 258 g/mol. The molecule has 20 heavy (non-hydrogen) atoms. The summed E-state index contributed by atoms with van der Waals surface area (Å²) in [6, 6.07) is 5.74. The quantitative estimate of drug-likeness (QED) is 0.844. The summed E-state index contributed by atoms with van der Waals surface area (Å²) in [5.74, 6) is 1.34. The Morgan fingerprint density at radius 1 is 1.45 bits per heavy atom. The van der Waals surface area contributed by atoms with E-state index in [0.29, 0.717) is 18.8 Å². The smallest absolute Gasteiger partial charge is 0.262 e. The lowest BCUT2D eigenvalue weighted by molar-refractivity contribution is -0.118. The van der Waals surface area contributed by atoms with Crippen LogP contribution in [0.5, 0.6) is 5.75 Å². The van der Waals surface area contributed by atoms with Crippen LogP contribution >= 0.6 is 0 Å².